The molecule has 1 spiro atoms. The van der Waals surface area contributed by atoms with Gasteiger partial charge in [0.1, 0.15) is 6.26 Å². The fraction of sp³-hybridized carbons (Fsp3) is 0.667. The van der Waals surface area contributed by atoms with Gasteiger partial charge in [-0.2, -0.15) is 0 Å². The lowest BCUT2D eigenvalue weighted by Gasteiger charge is -2.39. The summed E-state index contributed by atoms with van der Waals surface area (Å²) >= 11 is 0. The molecule has 2 fully saturated rings. The maximum atomic E-state index is 11.9. The second kappa shape index (κ2) is 7.49. The number of nitrogens with one attached hydrogen (secondary N) is 1. The molecule has 6 nitrogen and oxygen atoms in total. The van der Waals surface area contributed by atoms with E-state index in [2.05, 4.69) is 35.3 Å². The van der Waals surface area contributed by atoms with Gasteiger partial charge in [-0.15, -0.1) is 0 Å². The van der Waals surface area contributed by atoms with Crippen LogP contribution < -0.4 is 5.32 Å². The van der Waals surface area contributed by atoms with Crippen LogP contribution >= 0.6 is 0 Å². The third-order valence-corrected chi connectivity index (χ3v) is 5.02. The van der Waals surface area contributed by atoms with Crippen molar-refractivity contribution in [3.63, 3.8) is 0 Å². The van der Waals surface area contributed by atoms with Crippen LogP contribution in [-0.4, -0.2) is 53.8 Å². The summed E-state index contributed by atoms with van der Waals surface area (Å²) in [6.45, 7) is 8.03. The van der Waals surface area contributed by atoms with Gasteiger partial charge >= 0.3 is 0 Å². The van der Waals surface area contributed by atoms with Crippen molar-refractivity contribution in [3.05, 3.63) is 29.7 Å². The lowest BCUT2D eigenvalue weighted by molar-refractivity contribution is -0.0741. The Morgan fingerprint density at radius 2 is 2.21 bits per heavy atom. The first kappa shape index (κ1) is 17.2. The second-order valence-corrected chi connectivity index (χ2v) is 7.14. The zero-order valence-corrected chi connectivity index (χ0v) is 14.6. The van der Waals surface area contributed by atoms with E-state index >= 15 is 0 Å². The Hall–Kier alpha value is -1.66. The quantitative estimate of drug-likeness (QED) is 0.838. The molecule has 1 aromatic rings. The lowest BCUT2D eigenvalue weighted by Crippen LogP contribution is -2.45. The highest BCUT2D eigenvalue weighted by Gasteiger charge is 2.42. The van der Waals surface area contributed by atoms with Crippen LogP contribution in [0.3, 0.4) is 0 Å². The second-order valence-electron chi connectivity index (χ2n) is 7.14. The van der Waals surface area contributed by atoms with Crippen LogP contribution in [0.15, 0.2) is 28.5 Å². The van der Waals surface area contributed by atoms with E-state index in [1.165, 1.54) is 11.8 Å². The van der Waals surface area contributed by atoms with Crippen LogP contribution in [0.4, 0.5) is 0 Å². The molecule has 0 radical (unpaired) electrons. The monoisotopic (exact) mass is 333 g/mol. The zero-order chi connectivity index (χ0) is 17.0. The maximum absolute atomic E-state index is 11.9. The number of nitrogens with zero attached hydrogens (tertiary/aromatic N) is 2. The van der Waals surface area contributed by atoms with E-state index in [0.29, 0.717) is 12.2 Å². The van der Waals surface area contributed by atoms with Crippen LogP contribution in [0.2, 0.25) is 0 Å². The molecular weight excluding hydrogens is 306 g/mol. The maximum Gasteiger partial charge on any atom is 0.273 e. The third-order valence-electron chi connectivity index (χ3n) is 5.02. The summed E-state index contributed by atoms with van der Waals surface area (Å²) in [7, 11) is 0. The fourth-order valence-corrected chi connectivity index (χ4v) is 3.49. The van der Waals surface area contributed by atoms with E-state index in [0.717, 1.165) is 45.3 Å². The molecule has 0 saturated carbocycles. The molecule has 0 aromatic carbocycles. The number of likely N-dealkylation sites (tertiary alicyclic amines) is 1. The number of amides is 1. The molecular formula is C18H27N3O3. The van der Waals surface area contributed by atoms with Crippen LogP contribution in [-0.2, 0) is 4.74 Å². The summed E-state index contributed by atoms with van der Waals surface area (Å²) in [6, 6.07) is 1.56. The topological polar surface area (TPSA) is 67.6 Å². The zero-order valence-electron chi connectivity index (χ0n) is 14.6. The minimum absolute atomic E-state index is 0.0186. The standard InChI is InChI=1S/C18H27N3O3/c1-14(2)4-9-21-10-7-18(8-11-21)6-3-15(24-18)13-19-17(22)16-5-12-23-20-16/h4-5,12,15H,3,6-11,13H2,1-2H3,(H,19,22)/t15-/m1/s1. The van der Waals surface area contributed by atoms with Crippen molar-refractivity contribution < 1.29 is 14.1 Å². The molecule has 132 valence electrons. The van der Waals surface area contributed by atoms with E-state index in [4.69, 9.17) is 9.26 Å². The molecule has 1 atom stereocenters. The van der Waals surface area contributed by atoms with Gasteiger partial charge in [-0.3, -0.25) is 9.69 Å². The number of aromatic nitrogens is 1. The summed E-state index contributed by atoms with van der Waals surface area (Å²) in [4.78, 5) is 14.4. The Kier molecular flexibility index (Phi) is 5.36. The summed E-state index contributed by atoms with van der Waals surface area (Å²) < 4.78 is 11.0. The number of ether oxygens (including phenoxy) is 1. The number of carbonyl (C=O) groups excluding carboxylic acids is 1. The first-order valence-electron chi connectivity index (χ1n) is 8.78. The van der Waals surface area contributed by atoms with Crippen molar-refractivity contribution in [2.45, 2.75) is 51.2 Å². The van der Waals surface area contributed by atoms with Gasteiger partial charge in [-0.1, -0.05) is 16.8 Å². The normalized spacial score (nSPS) is 23.3. The van der Waals surface area contributed by atoms with Gasteiger partial charge in [-0.05, 0) is 39.5 Å². The number of carbonyl (C=O) groups is 1. The number of allylic oxidation sites excluding steroid dienone is 1. The Morgan fingerprint density at radius 3 is 2.88 bits per heavy atom. The van der Waals surface area contributed by atoms with Crippen molar-refractivity contribution >= 4 is 5.91 Å². The predicted octanol–water partition coefficient (Wildman–Crippen LogP) is 2.38. The molecule has 0 bridgehead atoms. The smallest absolute Gasteiger partial charge is 0.273 e. The fourth-order valence-electron chi connectivity index (χ4n) is 3.49. The molecule has 6 heteroatoms. The summed E-state index contributed by atoms with van der Waals surface area (Å²) in [5.41, 5.74) is 1.70. The van der Waals surface area contributed by atoms with Crippen molar-refractivity contribution in [2.24, 2.45) is 0 Å². The molecule has 1 amide bonds. The van der Waals surface area contributed by atoms with E-state index in [-0.39, 0.29) is 17.6 Å². The number of hydrogen-bond donors (Lipinski definition) is 1. The molecule has 3 rings (SSSR count). The highest BCUT2D eigenvalue weighted by atomic mass is 16.5. The highest BCUT2D eigenvalue weighted by Crippen LogP contribution is 2.38. The summed E-state index contributed by atoms with van der Waals surface area (Å²) in [5, 5.41) is 6.53. The summed E-state index contributed by atoms with van der Waals surface area (Å²) in [5.74, 6) is -0.204. The first-order valence-corrected chi connectivity index (χ1v) is 8.78. The molecule has 1 N–H and O–H groups in total. The largest absolute Gasteiger partial charge is 0.370 e. The van der Waals surface area contributed by atoms with Crippen molar-refractivity contribution in [1.82, 2.24) is 15.4 Å². The van der Waals surface area contributed by atoms with Crippen molar-refractivity contribution in [2.75, 3.05) is 26.2 Å². The average molecular weight is 333 g/mol. The molecule has 2 saturated heterocycles. The van der Waals surface area contributed by atoms with E-state index in [1.807, 2.05) is 0 Å². The van der Waals surface area contributed by atoms with E-state index in [1.54, 1.807) is 6.07 Å². The van der Waals surface area contributed by atoms with E-state index in [9.17, 15) is 4.79 Å². The average Bonchev–Trinajstić information content (AvgIpc) is 3.23. The van der Waals surface area contributed by atoms with Gasteiger partial charge in [0, 0.05) is 32.2 Å². The van der Waals surface area contributed by atoms with Crippen LogP contribution in [0.5, 0.6) is 0 Å². The van der Waals surface area contributed by atoms with Crippen LogP contribution in [0.1, 0.15) is 50.0 Å². The number of rotatable bonds is 5. The van der Waals surface area contributed by atoms with Gasteiger partial charge in [0.15, 0.2) is 5.69 Å². The Bertz CT molecular complexity index is 570. The number of hydrogen-bond acceptors (Lipinski definition) is 5. The van der Waals surface area contributed by atoms with Crippen molar-refractivity contribution in [3.8, 4) is 0 Å². The predicted molar refractivity (Wildman–Crippen MR) is 90.8 cm³/mol. The molecule has 3 heterocycles. The van der Waals surface area contributed by atoms with Gasteiger partial charge < -0.3 is 14.6 Å². The van der Waals surface area contributed by atoms with Gasteiger partial charge in [0.25, 0.3) is 5.91 Å². The Labute approximate surface area is 143 Å². The molecule has 1 aromatic heterocycles. The molecule has 0 aliphatic carbocycles. The Balaban J connectivity index is 1.42. The molecule has 2 aliphatic heterocycles. The van der Waals surface area contributed by atoms with Crippen LogP contribution in [0, 0.1) is 0 Å². The van der Waals surface area contributed by atoms with Crippen molar-refractivity contribution in [1.29, 1.82) is 0 Å². The summed E-state index contributed by atoms with van der Waals surface area (Å²) in [6.07, 6.45) is 8.05. The third kappa shape index (κ3) is 4.24. The minimum Gasteiger partial charge on any atom is -0.370 e. The molecule has 2 aliphatic rings. The lowest BCUT2D eigenvalue weighted by atomic mass is 9.88. The van der Waals surface area contributed by atoms with E-state index < -0.39 is 0 Å². The van der Waals surface area contributed by atoms with Gasteiger partial charge in [0.05, 0.1) is 11.7 Å². The minimum atomic E-state index is -0.204. The number of piperidine rings is 1. The Morgan fingerprint density at radius 1 is 1.42 bits per heavy atom. The van der Waals surface area contributed by atoms with Gasteiger partial charge in [-0.25, -0.2) is 0 Å². The highest BCUT2D eigenvalue weighted by molar-refractivity contribution is 5.91. The van der Waals surface area contributed by atoms with Crippen LogP contribution in [0.25, 0.3) is 0 Å². The van der Waals surface area contributed by atoms with Gasteiger partial charge in [0.2, 0.25) is 0 Å². The molecule has 0 unspecified atom stereocenters. The molecule has 24 heavy (non-hydrogen) atoms. The SMILES string of the molecule is CC(C)=CCN1CCC2(CC[C@H](CNC(=O)c3ccon3)O2)CC1. The first-order chi connectivity index (χ1) is 11.6.